The second-order valence-corrected chi connectivity index (χ2v) is 10.2. The van der Waals surface area contributed by atoms with Crippen LogP contribution >= 0.6 is 11.6 Å². The third-order valence-electron chi connectivity index (χ3n) is 6.61. The normalized spacial score (nSPS) is 12.2. The van der Waals surface area contributed by atoms with Crippen LogP contribution in [0.25, 0.3) is 28.0 Å². The number of aromatic nitrogens is 4. The number of aryl methyl sites for hydroxylation is 1. The molecule has 2 aromatic carbocycles. The molecule has 0 aliphatic carbocycles. The summed E-state index contributed by atoms with van der Waals surface area (Å²) < 4.78 is 16.5. The summed E-state index contributed by atoms with van der Waals surface area (Å²) in [6.45, 7) is 3.36. The number of aromatic amines is 1. The Bertz CT molecular complexity index is 1630. The first-order valence-electron chi connectivity index (χ1n) is 12.9. The molecule has 1 atom stereocenters. The van der Waals surface area contributed by atoms with E-state index in [1.807, 2.05) is 49.5 Å². The molecule has 0 amide bonds. The zero-order valence-electron chi connectivity index (χ0n) is 21.6. The average molecular weight is 545 g/mol. The number of pyridine rings is 1. The topological polar surface area (TPSA) is 102 Å². The predicted molar refractivity (Wildman–Crippen MR) is 153 cm³/mol. The molecular weight excluding hydrogens is 515 g/mol. The standard InChI is InChI=1S/C30H30ClFN6O/c1-19(33)4-2-5-21-12-25(28(32)26(31)13-21)27-14-23-18-38(30(39)37-29(23)36-27)24-9-7-20(8-10-24)15-35-17-22-6-3-11-34-16-22/h3,6-14,16,18-19,35H,2,4-5,15,17,33H2,1H3,(H,36,37,39)/t19-/m0/s1. The van der Waals surface area contributed by atoms with Crippen molar-refractivity contribution in [1.29, 1.82) is 0 Å². The zero-order valence-corrected chi connectivity index (χ0v) is 22.4. The van der Waals surface area contributed by atoms with Gasteiger partial charge in [-0.3, -0.25) is 9.55 Å². The molecule has 3 aromatic heterocycles. The quantitative estimate of drug-likeness (QED) is 0.215. The minimum Gasteiger partial charge on any atom is -0.339 e. The Morgan fingerprint density at radius 2 is 1.90 bits per heavy atom. The molecule has 3 heterocycles. The molecule has 0 unspecified atom stereocenters. The number of nitrogens with zero attached hydrogens (tertiary/aromatic N) is 3. The van der Waals surface area contributed by atoms with Crippen molar-refractivity contribution in [2.75, 3.05) is 0 Å². The summed E-state index contributed by atoms with van der Waals surface area (Å²) in [4.78, 5) is 24.3. The lowest BCUT2D eigenvalue weighted by atomic mass is 10.0. The van der Waals surface area contributed by atoms with E-state index >= 15 is 4.39 Å². The highest BCUT2D eigenvalue weighted by Gasteiger charge is 2.15. The largest absolute Gasteiger partial charge is 0.354 e. The maximum atomic E-state index is 15.0. The van der Waals surface area contributed by atoms with Crippen LogP contribution in [0, 0.1) is 5.82 Å². The molecule has 0 radical (unpaired) electrons. The van der Waals surface area contributed by atoms with Crippen LogP contribution < -0.4 is 16.7 Å². The molecule has 0 aliphatic rings. The van der Waals surface area contributed by atoms with Gasteiger partial charge in [-0.25, -0.2) is 9.18 Å². The highest BCUT2D eigenvalue weighted by molar-refractivity contribution is 6.31. The Morgan fingerprint density at radius 1 is 1.10 bits per heavy atom. The number of nitrogens with one attached hydrogen (secondary N) is 2. The average Bonchev–Trinajstić information content (AvgIpc) is 3.33. The Morgan fingerprint density at radius 3 is 2.64 bits per heavy atom. The Kier molecular flexibility index (Phi) is 8.16. The lowest BCUT2D eigenvalue weighted by Gasteiger charge is -2.09. The third-order valence-corrected chi connectivity index (χ3v) is 6.88. The molecule has 9 heteroatoms. The van der Waals surface area contributed by atoms with Gasteiger partial charge in [0.15, 0.2) is 5.82 Å². The number of H-pyrrole nitrogens is 1. The summed E-state index contributed by atoms with van der Waals surface area (Å²) >= 11 is 6.22. The fraction of sp³-hybridized carbons (Fsp3) is 0.233. The van der Waals surface area contributed by atoms with Crippen LogP contribution in [0.1, 0.15) is 36.5 Å². The molecule has 0 bridgehead atoms. The third kappa shape index (κ3) is 6.42. The van der Waals surface area contributed by atoms with Crippen molar-refractivity contribution in [2.45, 2.75) is 45.3 Å². The first-order valence-corrected chi connectivity index (χ1v) is 13.3. The zero-order chi connectivity index (χ0) is 27.4. The van der Waals surface area contributed by atoms with Gasteiger partial charge in [0.2, 0.25) is 0 Å². The van der Waals surface area contributed by atoms with Crippen molar-refractivity contribution in [3.8, 4) is 16.9 Å². The second-order valence-electron chi connectivity index (χ2n) is 9.82. The fourth-order valence-corrected chi connectivity index (χ4v) is 4.81. The number of hydrogen-bond acceptors (Lipinski definition) is 5. The molecule has 0 aliphatic heterocycles. The molecule has 0 saturated heterocycles. The lowest BCUT2D eigenvalue weighted by Crippen LogP contribution is -2.20. The maximum Gasteiger partial charge on any atom is 0.354 e. The Labute approximate surface area is 230 Å². The number of hydrogen-bond donors (Lipinski definition) is 3. The van der Waals surface area contributed by atoms with Gasteiger partial charge in [-0.15, -0.1) is 0 Å². The van der Waals surface area contributed by atoms with Gasteiger partial charge in [0.05, 0.1) is 16.4 Å². The lowest BCUT2D eigenvalue weighted by molar-refractivity contribution is 0.618. The molecule has 5 rings (SSSR count). The van der Waals surface area contributed by atoms with Crippen molar-refractivity contribution < 1.29 is 4.39 Å². The van der Waals surface area contributed by atoms with E-state index < -0.39 is 11.5 Å². The van der Waals surface area contributed by atoms with Gasteiger partial charge in [0.25, 0.3) is 0 Å². The van der Waals surface area contributed by atoms with Crippen molar-refractivity contribution >= 4 is 22.6 Å². The van der Waals surface area contributed by atoms with E-state index in [2.05, 4.69) is 20.3 Å². The molecule has 5 aromatic rings. The van der Waals surface area contributed by atoms with Gasteiger partial charge in [-0.2, -0.15) is 4.98 Å². The summed E-state index contributed by atoms with van der Waals surface area (Å²) in [7, 11) is 0. The van der Waals surface area contributed by atoms with E-state index in [-0.39, 0.29) is 11.1 Å². The summed E-state index contributed by atoms with van der Waals surface area (Å²) in [6, 6.07) is 17.0. The molecular formula is C30H30ClFN6O. The smallest absolute Gasteiger partial charge is 0.339 e. The number of halogens is 2. The minimum absolute atomic E-state index is 0.0597. The molecule has 0 spiro atoms. The maximum absolute atomic E-state index is 15.0. The number of benzene rings is 2. The van der Waals surface area contributed by atoms with E-state index in [1.54, 1.807) is 30.6 Å². The van der Waals surface area contributed by atoms with Crippen LogP contribution in [0.5, 0.6) is 0 Å². The van der Waals surface area contributed by atoms with Crippen molar-refractivity contribution in [2.24, 2.45) is 5.73 Å². The summed E-state index contributed by atoms with van der Waals surface area (Å²) in [5, 5.41) is 4.13. The molecule has 7 nitrogen and oxygen atoms in total. The second kappa shape index (κ2) is 11.9. The fourth-order valence-electron chi connectivity index (χ4n) is 4.57. The molecule has 0 fully saturated rings. The SMILES string of the molecule is C[C@H](N)CCCc1cc(Cl)c(F)c(-c2cc3cn(-c4ccc(CNCc5cccnc5)cc4)c(=O)nc3[nH]2)c1. The van der Waals surface area contributed by atoms with E-state index in [0.717, 1.165) is 36.0 Å². The van der Waals surface area contributed by atoms with Crippen LogP contribution in [0.15, 0.2) is 78.0 Å². The van der Waals surface area contributed by atoms with Crippen LogP contribution in [0.4, 0.5) is 4.39 Å². The first kappa shape index (κ1) is 26.7. The van der Waals surface area contributed by atoms with Crippen LogP contribution in [0.3, 0.4) is 0 Å². The minimum atomic E-state index is -0.512. The number of rotatable bonds is 10. The van der Waals surface area contributed by atoms with E-state index in [9.17, 15) is 4.79 Å². The highest BCUT2D eigenvalue weighted by atomic mass is 35.5. The van der Waals surface area contributed by atoms with Crippen LogP contribution in [-0.2, 0) is 19.5 Å². The van der Waals surface area contributed by atoms with Crippen molar-refractivity contribution in [1.82, 2.24) is 24.8 Å². The van der Waals surface area contributed by atoms with E-state index in [4.69, 9.17) is 17.3 Å². The summed E-state index contributed by atoms with van der Waals surface area (Å²) in [5.74, 6) is -0.512. The summed E-state index contributed by atoms with van der Waals surface area (Å²) in [5.41, 5.74) is 10.5. The highest BCUT2D eigenvalue weighted by Crippen LogP contribution is 2.31. The van der Waals surface area contributed by atoms with E-state index in [1.165, 1.54) is 4.57 Å². The number of fused-ring (bicyclic) bond motifs is 1. The molecule has 39 heavy (non-hydrogen) atoms. The Hall–Kier alpha value is -3.85. The molecule has 0 saturated carbocycles. The molecule has 200 valence electrons. The molecule has 4 N–H and O–H groups in total. The Balaban J connectivity index is 1.35. The van der Waals surface area contributed by atoms with Crippen LogP contribution in [0.2, 0.25) is 5.02 Å². The van der Waals surface area contributed by atoms with Crippen LogP contribution in [-0.4, -0.2) is 25.6 Å². The summed E-state index contributed by atoms with van der Waals surface area (Å²) in [6.07, 6.45) is 7.80. The van der Waals surface area contributed by atoms with Crippen molar-refractivity contribution in [3.63, 3.8) is 0 Å². The van der Waals surface area contributed by atoms with Gasteiger partial charge in [0, 0.05) is 48.7 Å². The van der Waals surface area contributed by atoms with Gasteiger partial charge in [-0.05, 0) is 79.3 Å². The number of nitrogens with two attached hydrogens (primary N) is 1. The monoisotopic (exact) mass is 544 g/mol. The van der Waals surface area contributed by atoms with Gasteiger partial charge >= 0.3 is 5.69 Å². The van der Waals surface area contributed by atoms with Crippen molar-refractivity contribution in [3.05, 3.63) is 111 Å². The van der Waals surface area contributed by atoms with Gasteiger partial charge in [0.1, 0.15) is 5.65 Å². The first-order chi connectivity index (χ1) is 18.9. The predicted octanol–water partition coefficient (Wildman–Crippen LogP) is 5.53. The van der Waals surface area contributed by atoms with Gasteiger partial charge < -0.3 is 16.0 Å². The van der Waals surface area contributed by atoms with E-state index in [0.29, 0.717) is 41.1 Å². The van der Waals surface area contributed by atoms with Gasteiger partial charge in [-0.1, -0.05) is 29.8 Å².